The number of nitrogens with one attached hydrogen (secondary N) is 1. The Morgan fingerprint density at radius 3 is 2.60 bits per heavy atom. The highest BCUT2D eigenvalue weighted by atomic mass is 32.2. The highest BCUT2D eigenvalue weighted by molar-refractivity contribution is 7.92. The molecule has 8 heteroatoms. The lowest BCUT2D eigenvalue weighted by atomic mass is 10.2. The van der Waals surface area contributed by atoms with Crippen molar-refractivity contribution < 1.29 is 22.3 Å². The van der Waals surface area contributed by atoms with Crippen LogP contribution >= 0.6 is 0 Å². The van der Waals surface area contributed by atoms with Gasteiger partial charge in [-0.2, -0.15) is 0 Å². The number of ether oxygens (including phenoxy) is 1. The second-order valence-corrected chi connectivity index (χ2v) is 7.62. The summed E-state index contributed by atoms with van der Waals surface area (Å²) in [5, 5.41) is 2.68. The van der Waals surface area contributed by atoms with Gasteiger partial charge in [-0.15, -0.1) is 0 Å². The number of benzene rings is 2. The smallest absolute Gasteiger partial charge is 0.263 e. The van der Waals surface area contributed by atoms with Crippen LogP contribution in [0, 0.1) is 5.82 Å². The Labute approximate surface area is 145 Å². The van der Waals surface area contributed by atoms with Crippen LogP contribution in [0.1, 0.15) is 5.56 Å². The molecular weight excluding hydrogens is 347 g/mol. The number of rotatable bonds is 4. The summed E-state index contributed by atoms with van der Waals surface area (Å²) >= 11 is 0. The largest absolute Gasteiger partial charge is 0.476 e. The molecule has 0 aliphatic carbocycles. The first-order valence-electron chi connectivity index (χ1n) is 7.60. The molecule has 1 N–H and O–H groups in total. The molecule has 25 heavy (non-hydrogen) atoms. The summed E-state index contributed by atoms with van der Waals surface area (Å²) in [6.45, 7) is 0.0879. The summed E-state index contributed by atoms with van der Waals surface area (Å²) in [5.74, 6) is -0.459. The van der Waals surface area contributed by atoms with Crippen molar-refractivity contribution >= 4 is 21.6 Å². The maximum atomic E-state index is 12.9. The van der Waals surface area contributed by atoms with Gasteiger partial charge < -0.3 is 10.1 Å². The first-order valence-corrected chi connectivity index (χ1v) is 9.45. The molecule has 2 aromatic carbocycles. The molecule has 1 amide bonds. The molecule has 1 heterocycles. The van der Waals surface area contributed by atoms with Crippen LogP contribution in [0.25, 0.3) is 0 Å². The second kappa shape index (κ2) is 6.72. The predicted octanol–water partition coefficient (Wildman–Crippen LogP) is 1.67. The SMILES string of the molecule is CS(=O)(=O)N1C[C@@H](C(=O)NCc2ccc(F)cc2)Oc2ccccc21. The van der Waals surface area contributed by atoms with E-state index in [1.165, 1.54) is 12.1 Å². The van der Waals surface area contributed by atoms with E-state index >= 15 is 0 Å². The Balaban J connectivity index is 1.74. The third kappa shape index (κ3) is 3.90. The number of nitrogens with zero attached hydrogens (tertiary/aromatic N) is 1. The first kappa shape index (κ1) is 17.2. The van der Waals surface area contributed by atoms with Crippen molar-refractivity contribution in [3.63, 3.8) is 0 Å². The van der Waals surface area contributed by atoms with Gasteiger partial charge in [-0.25, -0.2) is 12.8 Å². The maximum Gasteiger partial charge on any atom is 0.263 e. The zero-order chi connectivity index (χ0) is 18.0. The number of amides is 1. The Morgan fingerprint density at radius 2 is 1.92 bits per heavy atom. The third-order valence-electron chi connectivity index (χ3n) is 3.81. The minimum atomic E-state index is -3.55. The van der Waals surface area contributed by atoms with Gasteiger partial charge in [0.25, 0.3) is 5.91 Å². The molecule has 1 atom stereocenters. The molecule has 0 bridgehead atoms. The Morgan fingerprint density at radius 1 is 1.24 bits per heavy atom. The number of carbonyl (C=O) groups excluding carboxylic acids is 1. The standard InChI is InChI=1S/C17H17FN2O4S/c1-25(22,23)20-11-16(24-15-5-3-2-4-14(15)20)17(21)19-10-12-6-8-13(18)9-7-12/h2-9,16H,10-11H2,1H3,(H,19,21)/t16-/m0/s1. The fourth-order valence-electron chi connectivity index (χ4n) is 2.56. The van der Waals surface area contributed by atoms with Crippen LogP contribution in [0.2, 0.25) is 0 Å². The summed E-state index contributed by atoms with van der Waals surface area (Å²) < 4.78 is 43.8. The van der Waals surface area contributed by atoms with Gasteiger partial charge in [0.15, 0.2) is 6.10 Å². The Hall–Kier alpha value is -2.61. The number of sulfonamides is 1. The van der Waals surface area contributed by atoms with Crippen molar-refractivity contribution in [3.05, 3.63) is 59.9 Å². The minimum absolute atomic E-state index is 0.106. The fraction of sp³-hybridized carbons (Fsp3) is 0.235. The molecule has 0 saturated heterocycles. The lowest BCUT2D eigenvalue weighted by Crippen LogP contribution is -2.50. The number of hydrogen-bond acceptors (Lipinski definition) is 4. The maximum absolute atomic E-state index is 12.9. The van der Waals surface area contributed by atoms with Crippen LogP contribution < -0.4 is 14.4 Å². The van der Waals surface area contributed by atoms with Gasteiger partial charge in [0.1, 0.15) is 11.6 Å². The van der Waals surface area contributed by atoms with Crippen LogP contribution in [0.5, 0.6) is 5.75 Å². The molecule has 0 unspecified atom stereocenters. The molecule has 0 spiro atoms. The van der Waals surface area contributed by atoms with E-state index in [4.69, 9.17) is 4.74 Å². The van der Waals surface area contributed by atoms with Crippen molar-refractivity contribution in [1.82, 2.24) is 5.32 Å². The van der Waals surface area contributed by atoms with Crippen LogP contribution in [0.15, 0.2) is 48.5 Å². The molecule has 0 aromatic heterocycles. The topological polar surface area (TPSA) is 75.7 Å². The molecule has 132 valence electrons. The lowest BCUT2D eigenvalue weighted by Gasteiger charge is -2.33. The molecule has 3 rings (SSSR count). The van der Waals surface area contributed by atoms with Crippen LogP contribution in [-0.4, -0.2) is 33.2 Å². The average Bonchev–Trinajstić information content (AvgIpc) is 2.59. The molecule has 0 fully saturated rings. The van der Waals surface area contributed by atoms with E-state index in [1.54, 1.807) is 36.4 Å². The minimum Gasteiger partial charge on any atom is -0.476 e. The van der Waals surface area contributed by atoms with E-state index in [0.29, 0.717) is 11.4 Å². The zero-order valence-electron chi connectivity index (χ0n) is 13.5. The van der Waals surface area contributed by atoms with Gasteiger partial charge >= 0.3 is 0 Å². The van der Waals surface area contributed by atoms with E-state index in [0.717, 1.165) is 16.1 Å². The summed E-state index contributed by atoms with van der Waals surface area (Å²) in [5.41, 5.74) is 1.14. The van der Waals surface area contributed by atoms with Gasteiger partial charge in [0, 0.05) is 6.54 Å². The summed E-state index contributed by atoms with van der Waals surface area (Å²) in [6, 6.07) is 12.4. The van der Waals surface area contributed by atoms with E-state index in [1.807, 2.05) is 0 Å². The van der Waals surface area contributed by atoms with E-state index in [2.05, 4.69) is 5.32 Å². The van der Waals surface area contributed by atoms with Crippen molar-refractivity contribution in [1.29, 1.82) is 0 Å². The number of hydrogen-bond donors (Lipinski definition) is 1. The monoisotopic (exact) mass is 364 g/mol. The zero-order valence-corrected chi connectivity index (χ0v) is 14.3. The fourth-order valence-corrected chi connectivity index (χ4v) is 3.47. The van der Waals surface area contributed by atoms with Gasteiger partial charge in [-0.3, -0.25) is 9.10 Å². The average molecular weight is 364 g/mol. The van der Waals surface area contributed by atoms with Crippen molar-refractivity contribution in [3.8, 4) is 5.75 Å². The van der Waals surface area contributed by atoms with E-state index < -0.39 is 22.0 Å². The molecule has 0 saturated carbocycles. The van der Waals surface area contributed by atoms with Crippen LogP contribution in [0.4, 0.5) is 10.1 Å². The summed E-state index contributed by atoms with van der Waals surface area (Å²) in [6.07, 6.45) is 0.118. The second-order valence-electron chi connectivity index (χ2n) is 5.71. The molecule has 0 radical (unpaired) electrons. The highest BCUT2D eigenvalue weighted by Gasteiger charge is 2.34. The highest BCUT2D eigenvalue weighted by Crippen LogP contribution is 2.34. The van der Waals surface area contributed by atoms with Crippen molar-refractivity contribution in [2.45, 2.75) is 12.6 Å². The van der Waals surface area contributed by atoms with Crippen molar-refractivity contribution in [2.24, 2.45) is 0 Å². The van der Waals surface area contributed by atoms with Gasteiger partial charge in [0.2, 0.25) is 10.0 Å². The van der Waals surface area contributed by atoms with Gasteiger partial charge in [-0.1, -0.05) is 24.3 Å². The summed E-state index contributed by atoms with van der Waals surface area (Å²) in [7, 11) is -3.55. The molecule has 2 aromatic rings. The molecule has 1 aliphatic rings. The first-order chi connectivity index (χ1) is 11.8. The lowest BCUT2D eigenvalue weighted by molar-refractivity contribution is -0.127. The van der Waals surface area contributed by atoms with Crippen LogP contribution in [-0.2, 0) is 21.4 Å². The number of para-hydroxylation sites is 2. The molecular formula is C17H17FN2O4S. The quantitative estimate of drug-likeness (QED) is 0.895. The summed E-state index contributed by atoms with van der Waals surface area (Å²) in [4.78, 5) is 12.4. The van der Waals surface area contributed by atoms with Gasteiger partial charge in [0.05, 0.1) is 18.5 Å². The number of anilines is 1. The number of halogens is 1. The van der Waals surface area contributed by atoms with E-state index in [9.17, 15) is 17.6 Å². The van der Waals surface area contributed by atoms with Gasteiger partial charge in [-0.05, 0) is 29.8 Å². The molecule has 1 aliphatic heterocycles. The third-order valence-corrected chi connectivity index (χ3v) is 4.95. The molecule has 6 nitrogen and oxygen atoms in total. The van der Waals surface area contributed by atoms with E-state index in [-0.39, 0.29) is 18.9 Å². The van der Waals surface area contributed by atoms with Crippen LogP contribution in [0.3, 0.4) is 0 Å². The Kier molecular flexibility index (Phi) is 4.63. The van der Waals surface area contributed by atoms with Crippen molar-refractivity contribution in [2.75, 3.05) is 17.1 Å². The normalized spacial score (nSPS) is 16.7. The number of carbonyl (C=O) groups is 1. The predicted molar refractivity (Wildman–Crippen MR) is 91.3 cm³/mol. The number of fused-ring (bicyclic) bond motifs is 1. The Bertz CT molecular complexity index is 884.